The van der Waals surface area contributed by atoms with Crippen LogP contribution in [0.5, 0.6) is 0 Å². The third-order valence-corrected chi connectivity index (χ3v) is 7.62. The molecule has 3 fully saturated rings. The van der Waals surface area contributed by atoms with Crippen LogP contribution in [-0.2, 0) is 15.9 Å². The summed E-state index contributed by atoms with van der Waals surface area (Å²) in [6.45, 7) is 4.47. The molecular formula is C24H28N2O2. The van der Waals surface area contributed by atoms with Gasteiger partial charge in [-0.1, -0.05) is 43.0 Å². The highest BCUT2D eigenvalue weighted by molar-refractivity contribution is 5.62. The van der Waals surface area contributed by atoms with Crippen LogP contribution >= 0.6 is 0 Å². The van der Waals surface area contributed by atoms with Crippen molar-refractivity contribution in [3.8, 4) is 5.69 Å². The highest BCUT2D eigenvalue weighted by atomic mass is 16.8. The Morgan fingerprint density at radius 1 is 1.07 bits per heavy atom. The minimum Gasteiger partial charge on any atom is -0.343 e. The van der Waals surface area contributed by atoms with Crippen LogP contribution in [0.25, 0.3) is 11.8 Å². The molecule has 0 N–H and O–H groups in total. The Hall–Kier alpha value is -1.91. The molecule has 146 valence electrons. The molecule has 1 aromatic carbocycles. The topological polar surface area (TPSA) is 36.3 Å². The van der Waals surface area contributed by atoms with Crippen LogP contribution in [0, 0.1) is 12.3 Å². The van der Waals surface area contributed by atoms with Crippen LogP contribution < -0.4 is 0 Å². The molecule has 4 heteroatoms. The van der Waals surface area contributed by atoms with Gasteiger partial charge in [-0.25, -0.2) is 4.68 Å². The van der Waals surface area contributed by atoms with E-state index in [-0.39, 0.29) is 5.41 Å². The summed E-state index contributed by atoms with van der Waals surface area (Å²) < 4.78 is 15.5. The molecule has 1 saturated heterocycles. The van der Waals surface area contributed by atoms with E-state index in [9.17, 15) is 0 Å². The van der Waals surface area contributed by atoms with Crippen LogP contribution in [0.1, 0.15) is 62.3 Å². The fourth-order valence-corrected chi connectivity index (χ4v) is 5.92. The van der Waals surface area contributed by atoms with Gasteiger partial charge in [0.2, 0.25) is 0 Å². The summed E-state index contributed by atoms with van der Waals surface area (Å²) in [4.78, 5) is 0. The zero-order valence-corrected chi connectivity index (χ0v) is 16.8. The van der Waals surface area contributed by atoms with Gasteiger partial charge in [0.05, 0.1) is 29.8 Å². The maximum absolute atomic E-state index is 6.72. The molecule has 2 aromatic rings. The number of aromatic nitrogens is 2. The molecule has 0 bridgehead atoms. The minimum atomic E-state index is -0.442. The molecule has 0 unspecified atom stereocenters. The Morgan fingerprint density at radius 2 is 1.79 bits per heavy atom. The summed E-state index contributed by atoms with van der Waals surface area (Å²) in [5.41, 5.74) is 6.30. The Bertz CT molecular complexity index is 943. The smallest absolute Gasteiger partial charge is 0.178 e. The van der Waals surface area contributed by atoms with Gasteiger partial charge in [-0.2, -0.15) is 5.10 Å². The number of aryl methyl sites for hydroxylation is 1. The maximum Gasteiger partial charge on any atom is 0.178 e. The van der Waals surface area contributed by atoms with Crippen molar-refractivity contribution in [2.45, 2.75) is 76.8 Å². The number of fused-ring (bicyclic) bond motifs is 4. The first-order valence-electron chi connectivity index (χ1n) is 10.8. The first kappa shape index (κ1) is 17.0. The van der Waals surface area contributed by atoms with Gasteiger partial charge in [0, 0.05) is 11.8 Å². The van der Waals surface area contributed by atoms with E-state index in [0.29, 0.717) is 12.2 Å². The lowest BCUT2D eigenvalue weighted by atomic mass is 9.72. The van der Waals surface area contributed by atoms with Gasteiger partial charge in [-0.05, 0) is 56.4 Å². The van der Waals surface area contributed by atoms with Gasteiger partial charge in [0.25, 0.3) is 0 Å². The van der Waals surface area contributed by atoms with E-state index in [1.54, 1.807) is 0 Å². The summed E-state index contributed by atoms with van der Waals surface area (Å²) in [6, 6.07) is 8.60. The number of rotatable bonds is 1. The minimum absolute atomic E-state index is 0.0848. The molecule has 0 radical (unpaired) electrons. The van der Waals surface area contributed by atoms with Gasteiger partial charge in [0.15, 0.2) is 5.79 Å². The highest BCUT2D eigenvalue weighted by Gasteiger charge is 2.63. The standard InChI is InChI=1S/C24H28N2O2/c1-16-7-9-19(10-8-16)26-20-13-18-11-12-24(23(18,2)14-17(20)15-25-26)27-21-5-3-4-6-22(21)28-24/h7-10,13,15,21-22H,3-6,11-12,14H2,1-2H3/t21-,22-,23+/m1/s1. The predicted octanol–water partition coefficient (Wildman–Crippen LogP) is 4.97. The molecule has 28 heavy (non-hydrogen) atoms. The average molecular weight is 377 g/mol. The Labute approximate surface area is 166 Å². The van der Waals surface area contributed by atoms with E-state index in [2.05, 4.69) is 48.9 Å². The van der Waals surface area contributed by atoms with Crippen molar-refractivity contribution in [1.29, 1.82) is 0 Å². The molecule has 3 aliphatic carbocycles. The maximum atomic E-state index is 6.72. The van der Waals surface area contributed by atoms with Gasteiger partial charge < -0.3 is 9.47 Å². The normalized spacial score (nSPS) is 32.7. The fraction of sp³-hybridized carbons (Fsp3) is 0.542. The third-order valence-electron chi connectivity index (χ3n) is 7.62. The average Bonchev–Trinajstić information content (AvgIpc) is 3.35. The van der Waals surface area contributed by atoms with E-state index in [1.807, 2.05) is 6.20 Å². The molecule has 6 rings (SSSR count). The number of hydrogen-bond donors (Lipinski definition) is 0. The Kier molecular flexibility index (Phi) is 3.52. The molecular weight excluding hydrogens is 348 g/mol. The van der Waals surface area contributed by atoms with Gasteiger partial charge in [0.1, 0.15) is 0 Å². The van der Waals surface area contributed by atoms with E-state index in [4.69, 9.17) is 14.6 Å². The lowest BCUT2D eigenvalue weighted by molar-refractivity contribution is -0.224. The Balaban J connectivity index is 1.38. The molecule has 0 amide bonds. The number of hydrogen-bond acceptors (Lipinski definition) is 3. The molecule has 1 aliphatic heterocycles. The largest absolute Gasteiger partial charge is 0.343 e. The molecule has 3 atom stereocenters. The van der Waals surface area contributed by atoms with Crippen molar-refractivity contribution < 1.29 is 9.47 Å². The van der Waals surface area contributed by atoms with E-state index >= 15 is 0 Å². The number of benzene rings is 1. The van der Waals surface area contributed by atoms with Crippen molar-refractivity contribution in [1.82, 2.24) is 9.78 Å². The second-order valence-corrected chi connectivity index (χ2v) is 9.33. The molecule has 1 spiro atoms. The second kappa shape index (κ2) is 5.80. The summed E-state index contributed by atoms with van der Waals surface area (Å²) in [5.74, 6) is -0.442. The van der Waals surface area contributed by atoms with E-state index in [0.717, 1.165) is 37.8 Å². The molecule has 2 heterocycles. The van der Waals surface area contributed by atoms with Crippen molar-refractivity contribution in [2.24, 2.45) is 5.41 Å². The first-order chi connectivity index (χ1) is 13.6. The van der Waals surface area contributed by atoms with Gasteiger partial charge in [-0.15, -0.1) is 0 Å². The Morgan fingerprint density at radius 3 is 2.50 bits per heavy atom. The fourth-order valence-electron chi connectivity index (χ4n) is 5.92. The lowest BCUT2D eigenvalue weighted by Crippen LogP contribution is -2.46. The van der Waals surface area contributed by atoms with Crippen molar-refractivity contribution in [3.63, 3.8) is 0 Å². The molecule has 1 aromatic heterocycles. The third kappa shape index (κ3) is 2.22. The molecule has 2 saturated carbocycles. The summed E-state index contributed by atoms with van der Waals surface area (Å²) in [6.07, 6.45) is 12.8. The predicted molar refractivity (Wildman–Crippen MR) is 108 cm³/mol. The van der Waals surface area contributed by atoms with Gasteiger partial charge >= 0.3 is 0 Å². The van der Waals surface area contributed by atoms with Gasteiger partial charge in [-0.3, -0.25) is 0 Å². The van der Waals surface area contributed by atoms with Crippen molar-refractivity contribution in [3.05, 3.63) is 52.9 Å². The van der Waals surface area contributed by atoms with E-state index in [1.165, 1.54) is 35.2 Å². The van der Waals surface area contributed by atoms with Crippen LogP contribution in [0.2, 0.25) is 0 Å². The van der Waals surface area contributed by atoms with Crippen LogP contribution in [0.4, 0.5) is 0 Å². The van der Waals surface area contributed by atoms with Crippen LogP contribution in [0.3, 0.4) is 0 Å². The van der Waals surface area contributed by atoms with Crippen LogP contribution in [0.15, 0.2) is 36.0 Å². The van der Waals surface area contributed by atoms with E-state index < -0.39 is 5.79 Å². The quantitative estimate of drug-likeness (QED) is 0.705. The monoisotopic (exact) mass is 376 g/mol. The zero-order chi connectivity index (χ0) is 18.9. The molecule has 4 aliphatic rings. The summed E-state index contributed by atoms with van der Waals surface area (Å²) in [7, 11) is 0. The number of ether oxygens (including phenoxy) is 2. The highest BCUT2D eigenvalue weighted by Crippen LogP contribution is 2.61. The van der Waals surface area contributed by atoms with Crippen molar-refractivity contribution >= 4 is 6.08 Å². The summed E-state index contributed by atoms with van der Waals surface area (Å²) in [5, 5.41) is 4.73. The SMILES string of the molecule is Cc1ccc(-n2ncc3c2C=C2CCC4(O[C@@H]5CCCC[C@H]5O4)[C@@]2(C)C3)cc1. The molecule has 4 nitrogen and oxygen atoms in total. The first-order valence-corrected chi connectivity index (χ1v) is 10.8. The zero-order valence-electron chi connectivity index (χ0n) is 16.8. The number of nitrogens with zero attached hydrogens (tertiary/aromatic N) is 2. The second-order valence-electron chi connectivity index (χ2n) is 9.33. The van der Waals surface area contributed by atoms with Crippen LogP contribution in [-0.4, -0.2) is 27.8 Å². The lowest BCUT2D eigenvalue weighted by Gasteiger charge is -2.42. The van der Waals surface area contributed by atoms with Crippen molar-refractivity contribution in [2.75, 3.05) is 0 Å². The summed E-state index contributed by atoms with van der Waals surface area (Å²) >= 11 is 0.